The molecule has 0 rings (SSSR count). The first-order valence-electron chi connectivity index (χ1n) is 7.23. The first-order chi connectivity index (χ1) is 8.57. The summed E-state index contributed by atoms with van der Waals surface area (Å²) in [5.74, 6) is 0.124. The molecule has 108 valence electrons. The lowest BCUT2D eigenvalue weighted by atomic mass is 10.2. The van der Waals surface area contributed by atoms with E-state index < -0.39 is 0 Å². The van der Waals surface area contributed by atoms with Crippen molar-refractivity contribution in [2.75, 3.05) is 33.7 Å². The lowest BCUT2D eigenvalue weighted by molar-refractivity contribution is -0.122. The van der Waals surface area contributed by atoms with Crippen molar-refractivity contribution in [3.05, 3.63) is 0 Å². The van der Waals surface area contributed by atoms with Gasteiger partial charge in [0.15, 0.2) is 0 Å². The first kappa shape index (κ1) is 17.4. The monoisotopic (exact) mass is 257 g/mol. The molecule has 0 aromatic heterocycles. The van der Waals surface area contributed by atoms with Gasteiger partial charge in [-0.2, -0.15) is 0 Å². The molecule has 0 bridgehead atoms. The van der Waals surface area contributed by atoms with Crippen molar-refractivity contribution >= 4 is 5.91 Å². The maximum absolute atomic E-state index is 11.7. The van der Waals surface area contributed by atoms with Gasteiger partial charge >= 0.3 is 0 Å². The van der Waals surface area contributed by atoms with E-state index >= 15 is 0 Å². The molecule has 2 N–H and O–H groups in total. The second kappa shape index (κ2) is 11.5. The SMILES string of the molecule is CCCCCNC(=O)C(C)NCCCCN(C)C. The zero-order valence-corrected chi connectivity index (χ0v) is 12.6. The molecule has 1 atom stereocenters. The minimum absolute atomic E-state index is 0.0778. The van der Waals surface area contributed by atoms with Crippen LogP contribution >= 0.6 is 0 Å². The number of amides is 1. The normalized spacial score (nSPS) is 12.7. The minimum atomic E-state index is -0.0778. The lowest BCUT2D eigenvalue weighted by Gasteiger charge is -2.14. The van der Waals surface area contributed by atoms with Crippen molar-refractivity contribution in [3.8, 4) is 0 Å². The Balaban J connectivity index is 3.44. The first-order valence-corrected chi connectivity index (χ1v) is 7.23. The average Bonchev–Trinajstić information content (AvgIpc) is 2.33. The second-order valence-corrected chi connectivity index (χ2v) is 5.18. The Morgan fingerprint density at radius 1 is 1.11 bits per heavy atom. The summed E-state index contributed by atoms with van der Waals surface area (Å²) in [5, 5.41) is 6.23. The van der Waals surface area contributed by atoms with Crippen LogP contribution < -0.4 is 10.6 Å². The van der Waals surface area contributed by atoms with Gasteiger partial charge in [0.25, 0.3) is 0 Å². The fourth-order valence-electron chi connectivity index (χ4n) is 1.70. The number of carbonyl (C=O) groups is 1. The van der Waals surface area contributed by atoms with E-state index in [2.05, 4.69) is 36.6 Å². The molecule has 4 nitrogen and oxygen atoms in total. The molecule has 0 aromatic rings. The molecule has 1 unspecified atom stereocenters. The van der Waals surface area contributed by atoms with Crippen molar-refractivity contribution in [1.82, 2.24) is 15.5 Å². The van der Waals surface area contributed by atoms with Crippen molar-refractivity contribution < 1.29 is 4.79 Å². The molecule has 0 heterocycles. The van der Waals surface area contributed by atoms with Crippen LogP contribution in [0.3, 0.4) is 0 Å². The Bertz CT molecular complexity index is 207. The number of rotatable bonds is 11. The summed E-state index contributed by atoms with van der Waals surface area (Å²) in [6, 6.07) is -0.0778. The van der Waals surface area contributed by atoms with E-state index in [1.54, 1.807) is 0 Å². The summed E-state index contributed by atoms with van der Waals surface area (Å²) in [6.45, 7) is 6.93. The number of nitrogens with zero attached hydrogens (tertiary/aromatic N) is 1. The zero-order valence-electron chi connectivity index (χ0n) is 12.6. The second-order valence-electron chi connectivity index (χ2n) is 5.18. The van der Waals surface area contributed by atoms with Gasteiger partial charge in [-0.3, -0.25) is 4.79 Å². The van der Waals surface area contributed by atoms with E-state index in [0.29, 0.717) is 0 Å². The van der Waals surface area contributed by atoms with Gasteiger partial charge in [-0.15, -0.1) is 0 Å². The van der Waals surface area contributed by atoms with Crippen LogP contribution in [-0.4, -0.2) is 50.6 Å². The van der Waals surface area contributed by atoms with Crippen LogP contribution in [0.5, 0.6) is 0 Å². The van der Waals surface area contributed by atoms with Gasteiger partial charge in [0.1, 0.15) is 0 Å². The highest BCUT2D eigenvalue weighted by Crippen LogP contribution is 1.93. The molecule has 0 saturated heterocycles. The smallest absolute Gasteiger partial charge is 0.236 e. The third-order valence-electron chi connectivity index (χ3n) is 2.96. The highest BCUT2D eigenvalue weighted by Gasteiger charge is 2.10. The zero-order chi connectivity index (χ0) is 13.8. The van der Waals surface area contributed by atoms with Gasteiger partial charge < -0.3 is 15.5 Å². The van der Waals surface area contributed by atoms with Gasteiger partial charge in [-0.05, 0) is 53.4 Å². The largest absolute Gasteiger partial charge is 0.355 e. The molecule has 0 radical (unpaired) electrons. The highest BCUT2D eigenvalue weighted by atomic mass is 16.2. The van der Waals surface area contributed by atoms with Crippen LogP contribution in [0.25, 0.3) is 0 Å². The molecule has 1 amide bonds. The van der Waals surface area contributed by atoms with E-state index in [4.69, 9.17) is 0 Å². The van der Waals surface area contributed by atoms with E-state index in [1.807, 2.05) is 6.92 Å². The average molecular weight is 257 g/mol. The van der Waals surface area contributed by atoms with Crippen LogP contribution in [0.4, 0.5) is 0 Å². The lowest BCUT2D eigenvalue weighted by Crippen LogP contribution is -2.42. The summed E-state index contributed by atoms with van der Waals surface area (Å²) in [5.41, 5.74) is 0. The Labute approximate surface area is 113 Å². The van der Waals surface area contributed by atoms with Crippen LogP contribution in [0.15, 0.2) is 0 Å². The van der Waals surface area contributed by atoms with Gasteiger partial charge in [-0.1, -0.05) is 19.8 Å². The van der Waals surface area contributed by atoms with Crippen LogP contribution in [-0.2, 0) is 4.79 Å². The Kier molecular flexibility index (Phi) is 11.1. The van der Waals surface area contributed by atoms with Gasteiger partial charge in [0.05, 0.1) is 6.04 Å². The van der Waals surface area contributed by atoms with Gasteiger partial charge in [0.2, 0.25) is 5.91 Å². The molecule has 0 aliphatic rings. The predicted molar refractivity (Wildman–Crippen MR) is 77.8 cm³/mol. The van der Waals surface area contributed by atoms with E-state index in [1.165, 1.54) is 19.3 Å². The third kappa shape index (κ3) is 10.5. The third-order valence-corrected chi connectivity index (χ3v) is 2.96. The molecule has 0 spiro atoms. The maximum Gasteiger partial charge on any atom is 0.236 e. The summed E-state index contributed by atoms with van der Waals surface area (Å²) < 4.78 is 0. The molecule has 0 fully saturated rings. The number of hydrogen-bond acceptors (Lipinski definition) is 3. The Morgan fingerprint density at radius 3 is 2.39 bits per heavy atom. The van der Waals surface area contributed by atoms with Crippen molar-refractivity contribution in [2.24, 2.45) is 0 Å². The molecule has 0 aliphatic heterocycles. The van der Waals surface area contributed by atoms with Crippen molar-refractivity contribution in [3.63, 3.8) is 0 Å². The molecular weight excluding hydrogens is 226 g/mol. The molecule has 0 saturated carbocycles. The number of unbranched alkanes of at least 4 members (excludes halogenated alkanes) is 3. The minimum Gasteiger partial charge on any atom is -0.355 e. The van der Waals surface area contributed by atoms with Crippen molar-refractivity contribution in [2.45, 2.75) is 52.0 Å². The molecule has 0 aromatic carbocycles. The fraction of sp³-hybridized carbons (Fsp3) is 0.929. The van der Waals surface area contributed by atoms with E-state index in [-0.39, 0.29) is 11.9 Å². The van der Waals surface area contributed by atoms with Crippen LogP contribution in [0.1, 0.15) is 46.0 Å². The Hall–Kier alpha value is -0.610. The number of nitrogens with one attached hydrogen (secondary N) is 2. The van der Waals surface area contributed by atoms with Crippen LogP contribution in [0.2, 0.25) is 0 Å². The fourth-order valence-corrected chi connectivity index (χ4v) is 1.70. The maximum atomic E-state index is 11.7. The number of carbonyl (C=O) groups excluding carboxylic acids is 1. The summed E-state index contributed by atoms with van der Waals surface area (Å²) in [7, 11) is 4.17. The van der Waals surface area contributed by atoms with E-state index in [9.17, 15) is 4.79 Å². The molecule has 0 aliphatic carbocycles. The summed E-state index contributed by atoms with van der Waals surface area (Å²) in [6.07, 6.45) is 5.75. The molecule has 18 heavy (non-hydrogen) atoms. The summed E-state index contributed by atoms with van der Waals surface area (Å²) in [4.78, 5) is 13.9. The topological polar surface area (TPSA) is 44.4 Å². The summed E-state index contributed by atoms with van der Waals surface area (Å²) >= 11 is 0. The highest BCUT2D eigenvalue weighted by molar-refractivity contribution is 5.81. The predicted octanol–water partition coefficient (Wildman–Crippen LogP) is 1.61. The quantitative estimate of drug-likeness (QED) is 0.553. The molecule has 4 heteroatoms. The van der Waals surface area contributed by atoms with Gasteiger partial charge in [0, 0.05) is 6.54 Å². The van der Waals surface area contributed by atoms with E-state index in [0.717, 1.165) is 32.5 Å². The molecular formula is C14H31N3O. The standard InChI is InChI=1S/C14H31N3O/c1-5-6-7-11-16-14(18)13(2)15-10-8-9-12-17(3)4/h13,15H,5-12H2,1-4H3,(H,16,18). The van der Waals surface area contributed by atoms with Crippen LogP contribution in [0, 0.1) is 0 Å². The number of hydrogen-bond donors (Lipinski definition) is 2. The van der Waals surface area contributed by atoms with Crippen molar-refractivity contribution in [1.29, 1.82) is 0 Å². The Morgan fingerprint density at radius 2 is 1.78 bits per heavy atom. The van der Waals surface area contributed by atoms with Gasteiger partial charge in [-0.25, -0.2) is 0 Å².